The summed E-state index contributed by atoms with van der Waals surface area (Å²) < 4.78 is 6.90. The van der Waals surface area contributed by atoms with E-state index >= 15 is 0 Å². The zero-order valence-corrected chi connectivity index (χ0v) is 15.4. The van der Waals surface area contributed by atoms with Crippen molar-refractivity contribution in [1.29, 1.82) is 0 Å². The largest absolute Gasteiger partial charge is 0.456 e. The van der Waals surface area contributed by atoms with Gasteiger partial charge in [-0.1, -0.05) is 18.2 Å². The van der Waals surface area contributed by atoms with E-state index in [0.717, 1.165) is 12.1 Å². The van der Waals surface area contributed by atoms with E-state index in [4.69, 9.17) is 4.74 Å². The number of esters is 1. The van der Waals surface area contributed by atoms with Gasteiger partial charge in [-0.05, 0) is 37.6 Å². The van der Waals surface area contributed by atoms with Crippen LogP contribution in [0.1, 0.15) is 34.6 Å². The Kier molecular flexibility index (Phi) is 4.65. The number of amides is 1. The second kappa shape index (κ2) is 7.26. The summed E-state index contributed by atoms with van der Waals surface area (Å²) in [5.41, 5.74) is 2.31. The van der Waals surface area contributed by atoms with Gasteiger partial charge in [0.05, 0.1) is 16.9 Å². The molecular weight excluding hydrogens is 358 g/mol. The molecule has 1 saturated heterocycles. The van der Waals surface area contributed by atoms with Crippen LogP contribution in [-0.2, 0) is 16.1 Å². The number of carbonyl (C=O) groups is 2. The van der Waals surface area contributed by atoms with Gasteiger partial charge in [0, 0.05) is 24.7 Å². The third kappa shape index (κ3) is 3.26. The number of benzene rings is 1. The summed E-state index contributed by atoms with van der Waals surface area (Å²) in [6, 6.07) is 13.6. The number of pyridine rings is 1. The van der Waals surface area contributed by atoms with Crippen molar-refractivity contribution in [3.8, 4) is 0 Å². The number of ether oxygens (including phenoxy) is 1. The van der Waals surface area contributed by atoms with Crippen LogP contribution in [0.25, 0.3) is 5.65 Å². The summed E-state index contributed by atoms with van der Waals surface area (Å²) in [6.45, 7) is 2.29. The standard InChI is InChI=1S/C21H19N3O4/c1-14-6-4-9-18-22-15(12-20(26)24(14)18)13-28-21(27)16-7-2-3-8-17(16)23-11-5-10-19(23)25/h2-4,6-9,12H,5,10-11,13H2,1H3. The molecule has 0 bridgehead atoms. The number of fused-ring (bicyclic) bond motifs is 1. The highest BCUT2D eigenvalue weighted by Gasteiger charge is 2.26. The lowest BCUT2D eigenvalue weighted by Crippen LogP contribution is -2.26. The van der Waals surface area contributed by atoms with E-state index in [1.807, 2.05) is 19.1 Å². The maximum Gasteiger partial charge on any atom is 0.340 e. The number of anilines is 1. The lowest BCUT2D eigenvalue weighted by molar-refractivity contribution is -0.117. The number of aromatic nitrogens is 2. The van der Waals surface area contributed by atoms with Crippen LogP contribution in [0, 0.1) is 6.92 Å². The van der Waals surface area contributed by atoms with E-state index in [1.54, 1.807) is 35.2 Å². The van der Waals surface area contributed by atoms with Crippen molar-refractivity contribution in [1.82, 2.24) is 9.38 Å². The van der Waals surface area contributed by atoms with Gasteiger partial charge in [0.15, 0.2) is 0 Å². The highest BCUT2D eigenvalue weighted by molar-refractivity contribution is 6.03. The van der Waals surface area contributed by atoms with Crippen LogP contribution in [0.4, 0.5) is 5.69 Å². The normalized spacial score (nSPS) is 13.9. The molecule has 0 N–H and O–H groups in total. The molecule has 28 heavy (non-hydrogen) atoms. The Morgan fingerprint density at radius 2 is 1.96 bits per heavy atom. The van der Waals surface area contributed by atoms with Crippen LogP contribution in [-0.4, -0.2) is 27.8 Å². The van der Waals surface area contributed by atoms with E-state index < -0.39 is 5.97 Å². The van der Waals surface area contributed by atoms with Crippen molar-refractivity contribution in [2.75, 3.05) is 11.4 Å². The van der Waals surface area contributed by atoms with Crippen LogP contribution >= 0.6 is 0 Å². The molecule has 0 radical (unpaired) electrons. The minimum absolute atomic E-state index is 0.000151. The molecule has 4 rings (SSSR count). The molecule has 0 saturated carbocycles. The predicted molar refractivity (Wildman–Crippen MR) is 103 cm³/mol. The van der Waals surface area contributed by atoms with Gasteiger partial charge in [-0.15, -0.1) is 0 Å². The summed E-state index contributed by atoms with van der Waals surface area (Å²) in [5.74, 6) is -0.554. The Balaban J connectivity index is 1.57. The molecule has 1 fully saturated rings. The van der Waals surface area contributed by atoms with E-state index in [2.05, 4.69) is 4.98 Å². The fourth-order valence-corrected chi connectivity index (χ4v) is 3.44. The van der Waals surface area contributed by atoms with Crippen molar-refractivity contribution in [2.45, 2.75) is 26.4 Å². The Bertz CT molecular complexity index is 1140. The minimum Gasteiger partial charge on any atom is -0.456 e. The van der Waals surface area contributed by atoms with Gasteiger partial charge in [-0.25, -0.2) is 9.78 Å². The summed E-state index contributed by atoms with van der Waals surface area (Å²) in [4.78, 5) is 43.0. The Morgan fingerprint density at radius 1 is 1.14 bits per heavy atom. The zero-order chi connectivity index (χ0) is 19.7. The average molecular weight is 377 g/mol. The lowest BCUT2D eigenvalue weighted by Gasteiger charge is -2.18. The van der Waals surface area contributed by atoms with Crippen molar-refractivity contribution in [2.24, 2.45) is 0 Å². The number of hydrogen-bond donors (Lipinski definition) is 0. The first-order valence-electron chi connectivity index (χ1n) is 9.09. The maximum atomic E-state index is 12.6. The molecular formula is C21H19N3O4. The molecule has 142 valence electrons. The molecule has 1 aromatic carbocycles. The third-order valence-corrected chi connectivity index (χ3v) is 4.77. The number of aryl methyl sites for hydroxylation is 1. The Morgan fingerprint density at radius 3 is 2.75 bits per heavy atom. The summed E-state index contributed by atoms with van der Waals surface area (Å²) in [7, 11) is 0. The molecule has 0 atom stereocenters. The Hall–Kier alpha value is -3.48. The van der Waals surface area contributed by atoms with Gasteiger partial charge in [0.25, 0.3) is 5.56 Å². The van der Waals surface area contributed by atoms with Crippen molar-refractivity contribution >= 4 is 23.2 Å². The van der Waals surface area contributed by atoms with E-state index in [0.29, 0.717) is 35.6 Å². The fourth-order valence-electron chi connectivity index (χ4n) is 3.44. The van der Waals surface area contributed by atoms with Crippen LogP contribution in [0.5, 0.6) is 0 Å². The highest BCUT2D eigenvalue weighted by Crippen LogP contribution is 2.26. The van der Waals surface area contributed by atoms with Crippen molar-refractivity contribution in [3.05, 3.63) is 75.8 Å². The van der Waals surface area contributed by atoms with Gasteiger partial charge >= 0.3 is 5.97 Å². The Labute approximate surface area is 161 Å². The topological polar surface area (TPSA) is 81.0 Å². The SMILES string of the molecule is Cc1cccc2nc(COC(=O)c3ccccc3N3CCCC3=O)cc(=O)n12. The first-order chi connectivity index (χ1) is 13.5. The molecule has 1 amide bonds. The molecule has 2 aromatic heterocycles. The smallest absolute Gasteiger partial charge is 0.340 e. The molecule has 3 aromatic rings. The van der Waals surface area contributed by atoms with Crippen LogP contribution in [0.3, 0.4) is 0 Å². The monoisotopic (exact) mass is 377 g/mol. The number of hydrogen-bond acceptors (Lipinski definition) is 5. The van der Waals surface area contributed by atoms with Crippen LogP contribution in [0.15, 0.2) is 53.3 Å². The lowest BCUT2D eigenvalue weighted by atomic mass is 10.1. The third-order valence-electron chi connectivity index (χ3n) is 4.77. The highest BCUT2D eigenvalue weighted by atomic mass is 16.5. The molecule has 7 heteroatoms. The second-order valence-corrected chi connectivity index (χ2v) is 6.69. The zero-order valence-electron chi connectivity index (χ0n) is 15.4. The first-order valence-corrected chi connectivity index (χ1v) is 9.09. The number of nitrogens with zero attached hydrogens (tertiary/aromatic N) is 3. The van der Waals surface area contributed by atoms with E-state index in [9.17, 15) is 14.4 Å². The van der Waals surface area contributed by atoms with Crippen molar-refractivity contribution < 1.29 is 14.3 Å². The van der Waals surface area contributed by atoms with Gasteiger partial charge in [-0.3, -0.25) is 14.0 Å². The van der Waals surface area contributed by atoms with Crippen LogP contribution in [0.2, 0.25) is 0 Å². The number of para-hydroxylation sites is 1. The summed E-state index contributed by atoms with van der Waals surface area (Å²) in [6.07, 6.45) is 1.25. The van der Waals surface area contributed by atoms with Crippen LogP contribution < -0.4 is 10.5 Å². The molecule has 0 spiro atoms. The molecule has 0 aliphatic carbocycles. The summed E-state index contributed by atoms with van der Waals surface area (Å²) >= 11 is 0. The molecule has 1 aliphatic heterocycles. The average Bonchev–Trinajstić information content (AvgIpc) is 3.11. The summed E-state index contributed by atoms with van der Waals surface area (Å²) in [5, 5.41) is 0. The van der Waals surface area contributed by atoms with Crippen molar-refractivity contribution in [3.63, 3.8) is 0 Å². The second-order valence-electron chi connectivity index (χ2n) is 6.69. The van der Waals surface area contributed by atoms with Gasteiger partial charge < -0.3 is 9.64 Å². The maximum absolute atomic E-state index is 12.6. The molecule has 1 aliphatic rings. The van der Waals surface area contributed by atoms with E-state index in [-0.39, 0.29) is 18.1 Å². The fraction of sp³-hybridized carbons (Fsp3) is 0.238. The predicted octanol–water partition coefficient (Wildman–Crippen LogP) is 2.49. The molecule has 7 nitrogen and oxygen atoms in total. The van der Waals surface area contributed by atoms with E-state index in [1.165, 1.54) is 10.5 Å². The number of rotatable bonds is 4. The minimum atomic E-state index is -0.554. The van der Waals surface area contributed by atoms with Gasteiger partial charge in [-0.2, -0.15) is 0 Å². The molecule has 0 unspecified atom stereocenters. The molecule has 3 heterocycles. The van der Waals surface area contributed by atoms with Gasteiger partial charge in [0.2, 0.25) is 5.91 Å². The first kappa shape index (κ1) is 17.9. The van der Waals surface area contributed by atoms with Gasteiger partial charge in [0.1, 0.15) is 12.3 Å². The number of carbonyl (C=O) groups excluding carboxylic acids is 2. The quantitative estimate of drug-likeness (QED) is 0.653.